The van der Waals surface area contributed by atoms with E-state index in [4.69, 9.17) is 11.8 Å². The van der Waals surface area contributed by atoms with E-state index in [1.54, 1.807) is 18.3 Å². The molecule has 5 rings (SSSR count). The maximum Gasteiger partial charge on any atom is 0.257 e. The fraction of sp³-hybridized carbons (Fsp3) is 0.115. The molecule has 0 radical (unpaired) electrons. The van der Waals surface area contributed by atoms with Crippen LogP contribution in [0.5, 0.6) is 0 Å². The number of benzene rings is 3. The van der Waals surface area contributed by atoms with Crippen LogP contribution in [0.1, 0.15) is 31.2 Å². The molecule has 0 bridgehead atoms. The Bertz CT molecular complexity index is 1620. The number of hydrogen-bond donors (Lipinski definition) is 3. The van der Waals surface area contributed by atoms with Crippen LogP contribution in [0.3, 0.4) is 0 Å². The van der Waals surface area contributed by atoms with Crippen molar-refractivity contribution in [3.63, 3.8) is 0 Å². The molecule has 0 unspecified atom stereocenters. The Hall–Kier alpha value is -3.57. The number of hydrogen-bond acceptors (Lipinski definition) is 7. The van der Waals surface area contributed by atoms with Crippen LogP contribution in [0.4, 0.5) is 5.69 Å². The van der Waals surface area contributed by atoms with E-state index in [1.807, 2.05) is 24.3 Å². The number of aromatic nitrogens is 1. The van der Waals surface area contributed by atoms with Gasteiger partial charge in [0, 0.05) is 28.7 Å². The topological polar surface area (TPSA) is 117 Å². The first-order chi connectivity index (χ1) is 17.9. The standard InChI is InChI=1S/C26H21ClN4O4S2/c27-30-12-11-16-5-1-2-6-19(16)26-29-15-18(36-26)14-28-24(32)17-9-10-23-21(13-17)31-25(33)20-7-3-4-8-22(20)37(23,34)35/h1-10,13,15,30H,11-12,14H2,(H,28,32)(H,31,33). The van der Waals surface area contributed by atoms with E-state index in [0.717, 1.165) is 27.4 Å². The summed E-state index contributed by atoms with van der Waals surface area (Å²) >= 11 is 7.09. The summed E-state index contributed by atoms with van der Waals surface area (Å²) in [5, 5.41) is 6.31. The first kappa shape index (κ1) is 25.1. The van der Waals surface area contributed by atoms with Crippen LogP contribution >= 0.6 is 23.1 Å². The quantitative estimate of drug-likeness (QED) is 0.292. The Kier molecular flexibility index (Phi) is 7.07. The van der Waals surface area contributed by atoms with Crippen LogP contribution in [-0.4, -0.2) is 31.8 Å². The molecule has 0 spiro atoms. The van der Waals surface area contributed by atoms with Crippen molar-refractivity contribution in [2.24, 2.45) is 0 Å². The minimum atomic E-state index is -3.93. The van der Waals surface area contributed by atoms with E-state index >= 15 is 0 Å². The number of carbonyl (C=O) groups is 2. The fourth-order valence-electron chi connectivity index (χ4n) is 4.11. The summed E-state index contributed by atoms with van der Waals surface area (Å²) in [7, 11) is -3.93. The zero-order chi connectivity index (χ0) is 26.0. The number of anilines is 1. The lowest BCUT2D eigenvalue weighted by atomic mass is 10.1. The maximum absolute atomic E-state index is 13.1. The molecule has 37 heavy (non-hydrogen) atoms. The van der Waals surface area contributed by atoms with Crippen molar-refractivity contribution in [2.75, 3.05) is 11.9 Å². The molecule has 1 aliphatic heterocycles. The number of amides is 2. The van der Waals surface area contributed by atoms with Gasteiger partial charge in [0.1, 0.15) is 5.01 Å². The van der Waals surface area contributed by atoms with Gasteiger partial charge in [0.25, 0.3) is 11.8 Å². The second-order valence-electron chi connectivity index (χ2n) is 8.27. The molecule has 0 aliphatic carbocycles. The van der Waals surface area contributed by atoms with Gasteiger partial charge in [0.05, 0.1) is 27.6 Å². The molecule has 3 aromatic carbocycles. The fourth-order valence-corrected chi connectivity index (χ4v) is 6.71. The zero-order valence-corrected chi connectivity index (χ0v) is 21.7. The lowest BCUT2D eigenvalue weighted by Gasteiger charge is -2.10. The summed E-state index contributed by atoms with van der Waals surface area (Å²) in [5.74, 6) is -0.950. The number of halogens is 1. The van der Waals surface area contributed by atoms with Crippen molar-refractivity contribution in [3.05, 3.63) is 94.5 Å². The van der Waals surface area contributed by atoms with Crippen molar-refractivity contribution in [1.29, 1.82) is 0 Å². The molecular formula is C26H21ClN4O4S2. The Balaban J connectivity index is 1.33. The molecule has 188 valence electrons. The molecule has 8 nitrogen and oxygen atoms in total. The predicted molar refractivity (Wildman–Crippen MR) is 143 cm³/mol. The lowest BCUT2D eigenvalue weighted by molar-refractivity contribution is 0.0949. The molecule has 0 saturated carbocycles. The highest BCUT2D eigenvalue weighted by atomic mass is 35.5. The second kappa shape index (κ2) is 10.4. The Morgan fingerprint density at radius 1 is 1.00 bits per heavy atom. The van der Waals surface area contributed by atoms with E-state index in [9.17, 15) is 18.0 Å². The average Bonchev–Trinajstić information content (AvgIpc) is 3.36. The summed E-state index contributed by atoms with van der Waals surface area (Å²) in [5.41, 5.74) is 2.48. The summed E-state index contributed by atoms with van der Waals surface area (Å²) in [6.07, 6.45) is 2.47. The number of thiazole rings is 1. The Labute approximate surface area is 222 Å². The lowest BCUT2D eigenvalue weighted by Crippen LogP contribution is -2.22. The highest BCUT2D eigenvalue weighted by Gasteiger charge is 2.31. The number of carbonyl (C=O) groups excluding carboxylic acids is 2. The van der Waals surface area contributed by atoms with Crippen LogP contribution in [0.15, 0.2) is 82.7 Å². The number of nitrogens with one attached hydrogen (secondary N) is 3. The molecule has 2 amide bonds. The third-order valence-electron chi connectivity index (χ3n) is 5.91. The van der Waals surface area contributed by atoms with Gasteiger partial charge in [0.2, 0.25) is 9.84 Å². The Morgan fingerprint density at radius 2 is 1.76 bits per heavy atom. The summed E-state index contributed by atoms with van der Waals surface area (Å²) in [4.78, 5) is 33.4. The summed E-state index contributed by atoms with van der Waals surface area (Å²) < 4.78 is 26.3. The van der Waals surface area contributed by atoms with E-state index in [-0.39, 0.29) is 33.2 Å². The van der Waals surface area contributed by atoms with Crippen molar-refractivity contribution in [2.45, 2.75) is 22.8 Å². The third kappa shape index (κ3) is 5.01. The molecule has 0 fully saturated rings. The highest BCUT2D eigenvalue weighted by molar-refractivity contribution is 7.91. The van der Waals surface area contributed by atoms with Gasteiger partial charge in [-0.05, 0) is 54.1 Å². The van der Waals surface area contributed by atoms with E-state index in [1.165, 1.54) is 41.7 Å². The van der Waals surface area contributed by atoms with Crippen molar-refractivity contribution in [1.82, 2.24) is 15.1 Å². The van der Waals surface area contributed by atoms with Gasteiger partial charge in [-0.3, -0.25) is 9.59 Å². The molecule has 3 N–H and O–H groups in total. The molecule has 11 heteroatoms. The van der Waals surface area contributed by atoms with Crippen LogP contribution in [0, 0.1) is 0 Å². The predicted octanol–water partition coefficient (Wildman–Crippen LogP) is 4.42. The normalized spacial score (nSPS) is 13.7. The van der Waals surface area contributed by atoms with E-state index < -0.39 is 21.7 Å². The van der Waals surface area contributed by atoms with Crippen molar-refractivity contribution in [3.8, 4) is 10.6 Å². The van der Waals surface area contributed by atoms with Gasteiger partial charge in [-0.2, -0.15) is 0 Å². The van der Waals surface area contributed by atoms with Crippen LogP contribution in [0.25, 0.3) is 10.6 Å². The monoisotopic (exact) mass is 552 g/mol. The first-order valence-corrected chi connectivity index (χ1v) is 14.0. The molecule has 0 atom stereocenters. The van der Waals surface area contributed by atoms with Crippen molar-refractivity contribution < 1.29 is 18.0 Å². The molecule has 0 saturated heterocycles. The van der Waals surface area contributed by atoms with Crippen molar-refractivity contribution >= 4 is 50.5 Å². The molecule has 1 aliphatic rings. The molecule has 1 aromatic heterocycles. The smallest absolute Gasteiger partial charge is 0.257 e. The number of nitrogens with zero attached hydrogens (tertiary/aromatic N) is 1. The van der Waals surface area contributed by atoms with Crippen LogP contribution < -0.4 is 15.5 Å². The van der Waals surface area contributed by atoms with Gasteiger partial charge in [-0.1, -0.05) is 36.4 Å². The SMILES string of the molecule is O=C(NCc1cnc(-c2ccccc2CCNCl)s1)c1ccc2c(c1)NC(=O)c1ccccc1S2(=O)=O. The second-order valence-corrected chi connectivity index (χ2v) is 11.5. The minimum absolute atomic E-state index is 0.0579. The van der Waals surface area contributed by atoms with Gasteiger partial charge in [-0.25, -0.2) is 18.2 Å². The van der Waals surface area contributed by atoms with Gasteiger partial charge in [0.15, 0.2) is 0 Å². The van der Waals surface area contributed by atoms with E-state index in [2.05, 4.69) is 20.5 Å². The van der Waals surface area contributed by atoms with Crippen LogP contribution in [0.2, 0.25) is 0 Å². The number of rotatable bonds is 7. The maximum atomic E-state index is 13.1. The average molecular weight is 553 g/mol. The Morgan fingerprint density at radius 3 is 2.57 bits per heavy atom. The molecule has 2 heterocycles. The number of fused-ring (bicyclic) bond motifs is 2. The van der Waals surface area contributed by atoms with Gasteiger partial charge < -0.3 is 10.6 Å². The minimum Gasteiger partial charge on any atom is -0.347 e. The summed E-state index contributed by atoms with van der Waals surface area (Å²) in [6.45, 7) is 0.872. The van der Waals surface area contributed by atoms with E-state index in [0.29, 0.717) is 6.54 Å². The molecular weight excluding hydrogens is 532 g/mol. The largest absolute Gasteiger partial charge is 0.347 e. The van der Waals surface area contributed by atoms with Crippen LogP contribution in [-0.2, 0) is 22.8 Å². The summed E-state index contributed by atoms with van der Waals surface area (Å²) in [6, 6.07) is 18.1. The van der Waals surface area contributed by atoms with Gasteiger partial charge >= 0.3 is 0 Å². The zero-order valence-electron chi connectivity index (χ0n) is 19.3. The third-order valence-corrected chi connectivity index (χ3v) is 9.00. The molecule has 4 aromatic rings. The number of sulfone groups is 1. The van der Waals surface area contributed by atoms with Gasteiger partial charge in [-0.15, -0.1) is 11.3 Å². The first-order valence-electron chi connectivity index (χ1n) is 11.3. The highest BCUT2D eigenvalue weighted by Crippen LogP contribution is 2.34.